The van der Waals surface area contributed by atoms with E-state index in [1.807, 2.05) is 66.8 Å². The first-order valence-electron chi connectivity index (χ1n) is 12.2. The third-order valence-corrected chi connectivity index (χ3v) is 8.01. The molecule has 0 atom stereocenters. The molecule has 4 aromatic carbocycles. The van der Waals surface area contributed by atoms with E-state index in [0.29, 0.717) is 0 Å². The van der Waals surface area contributed by atoms with Gasteiger partial charge in [0.05, 0.1) is 0 Å². The van der Waals surface area contributed by atoms with Crippen molar-refractivity contribution < 1.29 is 49.0 Å². The van der Waals surface area contributed by atoms with Crippen molar-refractivity contribution in [3.05, 3.63) is 166 Å². The number of hydrogen-bond acceptors (Lipinski definition) is 0. The van der Waals surface area contributed by atoms with E-state index in [1.165, 1.54) is 55.3 Å². The van der Waals surface area contributed by atoms with Crippen molar-refractivity contribution in [3.63, 3.8) is 0 Å². The summed E-state index contributed by atoms with van der Waals surface area (Å²) in [5.41, 5.74) is 9.88. The van der Waals surface area contributed by atoms with Gasteiger partial charge in [0.1, 0.15) is 0 Å². The second kappa shape index (κ2) is 16.9. The van der Waals surface area contributed by atoms with E-state index < -0.39 is 0 Å². The molecule has 0 amide bonds. The van der Waals surface area contributed by atoms with Gasteiger partial charge in [0.2, 0.25) is 0 Å². The Bertz CT molecular complexity index is 1440. The van der Waals surface area contributed by atoms with Crippen LogP contribution in [0.15, 0.2) is 110 Å². The average Bonchev–Trinajstić information content (AvgIpc) is 3.64. The van der Waals surface area contributed by atoms with Gasteiger partial charge in [0.25, 0.3) is 0 Å². The van der Waals surface area contributed by atoms with E-state index in [2.05, 4.69) is 67.8 Å². The number of benzene rings is 4. The Balaban J connectivity index is 0.000000229. The zero-order chi connectivity index (χ0) is 26.9. The van der Waals surface area contributed by atoms with Crippen LogP contribution in [0.1, 0.15) is 39.8 Å². The molecule has 0 aliphatic heterocycles. The summed E-state index contributed by atoms with van der Waals surface area (Å²) >= 11 is 13.3. The first kappa shape index (κ1) is 34.0. The molecule has 6 rings (SSSR count). The third kappa shape index (κ3) is 9.14. The molecule has 0 spiro atoms. The van der Waals surface area contributed by atoms with E-state index in [9.17, 15) is 0 Å². The van der Waals surface area contributed by atoms with E-state index in [-0.39, 0.29) is 24.8 Å². The van der Waals surface area contributed by atoms with Gasteiger partial charge in [-0.25, -0.2) is 12.2 Å². The van der Waals surface area contributed by atoms with Crippen molar-refractivity contribution in [1.29, 1.82) is 0 Å². The molecule has 0 radical (unpaired) electrons. The van der Waals surface area contributed by atoms with Gasteiger partial charge in [0, 0.05) is 0 Å². The molecule has 0 heterocycles. The summed E-state index contributed by atoms with van der Waals surface area (Å²) in [5, 5.41) is 1.53. The molecular formula is C35H26Cl4Zr-2. The number of halogens is 4. The second-order valence-electron chi connectivity index (χ2n) is 8.73. The van der Waals surface area contributed by atoms with E-state index in [1.54, 1.807) is 0 Å². The Morgan fingerprint density at radius 3 is 1.93 bits per heavy atom. The quantitative estimate of drug-likeness (QED) is 0.254. The van der Waals surface area contributed by atoms with Gasteiger partial charge in [-0.3, -0.25) is 6.08 Å². The fourth-order valence-electron chi connectivity index (χ4n) is 4.16. The van der Waals surface area contributed by atoms with Crippen molar-refractivity contribution in [3.8, 4) is 11.1 Å². The summed E-state index contributed by atoms with van der Waals surface area (Å²) in [7, 11) is 0. The molecule has 0 nitrogen and oxygen atoms in total. The SMILES string of the molecule is C=Cc1c[c-]c2c(c1)-c1cc(C=C)ccc1C2.Clc1cccc([C](=[Zr+2])c2cccc(Cl)c2)c1.[C-]1=CC=CC1.[Cl-].[Cl-]. The number of fused-ring (bicyclic) bond motifs is 3. The van der Waals surface area contributed by atoms with Crippen molar-refractivity contribution in [2.24, 2.45) is 0 Å². The topological polar surface area (TPSA) is 0 Å². The van der Waals surface area contributed by atoms with Crippen LogP contribution in [0.3, 0.4) is 0 Å². The van der Waals surface area contributed by atoms with E-state index >= 15 is 0 Å². The van der Waals surface area contributed by atoms with Crippen LogP contribution >= 0.6 is 23.2 Å². The maximum atomic E-state index is 5.98. The summed E-state index contributed by atoms with van der Waals surface area (Å²) in [5.74, 6) is 0. The molecule has 0 saturated heterocycles. The Kier molecular flexibility index (Phi) is 14.3. The van der Waals surface area contributed by atoms with Crippen LogP contribution < -0.4 is 24.8 Å². The Hall–Kier alpha value is -2.25. The predicted octanol–water partition coefficient (Wildman–Crippen LogP) is 3.77. The van der Waals surface area contributed by atoms with Crippen molar-refractivity contribution in [1.82, 2.24) is 0 Å². The summed E-state index contributed by atoms with van der Waals surface area (Å²) in [6.07, 6.45) is 14.7. The maximum Gasteiger partial charge on any atom is -0.109 e. The van der Waals surface area contributed by atoms with Gasteiger partial charge in [-0.15, -0.1) is 30.2 Å². The molecule has 0 bridgehead atoms. The van der Waals surface area contributed by atoms with E-state index in [0.717, 1.165) is 39.6 Å². The molecule has 40 heavy (non-hydrogen) atoms. The minimum atomic E-state index is 0. The van der Waals surface area contributed by atoms with Gasteiger partial charge in [-0.2, -0.15) is 29.8 Å². The predicted molar refractivity (Wildman–Crippen MR) is 161 cm³/mol. The molecule has 4 aromatic rings. The fourth-order valence-corrected chi connectivity index (χ4v) is 5.30. The molecule has 0 N–H and O–H groups in total. The van der Waals surface area contributed by atoms with Crippen LogP contribution in [-0.2, 0) is 30.7 Å². The molecule has 0 aromatic heterocycles. The molecule has 0 fully saturated rings. The van der Waals surface area contributed by atoms with Crippen LogP contribution in [0.2, 0.25) is 10.0 Å². The first-order valence-corrected chi connectivity index (χ1v) is 14.2. The molecule has 5 heteroatoms. The zero-order valence-corrected chi connectivity index (χ0v) is 27.2. The summed E-state index contributed by atoms with van der Waals surface area (Å²) < 4.78 is 1.26. The molecule has 0 saturated carbocycles. The average molecular weight is 680 g/mol. The number of rotatable bonds is 4. The summed E-state index contributed by atoms with van der Waals surface area (Å²) in [4.78, 5) is 0. The molecule has 200 valence electrons. The molecular weight excluding hydrogens is 653 g/mol. The van der Waals surface area contributed by atoms with E-state index in [4.69, 9.17) is 23.2 Å². The van der Waals surface area contributed by atoms with Gasteiger partial charge in [0.15, 0.2) is 0 Å². The van der Waals surface area contributed by atoms with Gasteiger partial charge < -0.3 is 24.8 Å². The largest absolute Gasteiger partial charge is 1.00 e. The van der Waals surface area contributed by atoms with Crippen molar-refractivity contribution in [2.45, 2.75) is 12.8 Å². The monoisotopic (exact) mass is 676 g/mol. The number of allylic oxidation sites excluding steroid dienone is 4. The molecule has 0 unspecified atom stereocenters. The fraction of sp³-hybridized carbons (Fsp3) is 0.0571. The van der Waals surface area contributed by atoms with Crippen LogP contribution in [0.4, 0.5) is 0 Å². The molecule has 2 aliphatic rings. The number of hydrogen-bond donors (Lipinski definition) is 0. The summed E-state index contributed by atoms with van der Waals surface area (Å²) in [6, 6.07) is 29.8. The Labute approximate surface area is 275 Å². The normalized spacial score (nSPS) is 11.3. The van der Waals surface area contributed by atoms with Crippen LogP contribution in [0, 0.1) is 12.1 Å². The van der Waals surface area contributed by atoms with Gasteiger partial charge in [-0.05, 0) is 12.0 Å². The Morgan fingerprint density at radius 2 is 1.43 bits per heavy atom. The summed E-state index contributed by atoms with van der Waals surface area (Å²) in [6.45, 7) is 7.63. The molecule has 2 aliphatic carbocycles. The zero-order valence-electron chi connectivity index (χ0n) is 21.7. The van der Waals surface area contributed by atoms with Crippen molar-refractivity contribution in [2.75, 3.05) is 0 Å². The first-order chi connectivity index (χ1) is 18.5. The van der Waals surface area contributed by atoms with Crippen LogP contribution in [-0.4, -0.2) is 3.21 Å². The van der Waals surface area contributed by atoms with Crippen LogP contribution in [0.5, 0.6) is 0 Å². The van der Waals surface area contributed by atoms with Gasteiger partial charge in [-0.1, -0.05) is 42.0 Å². The third-order valence-electron chi connectivity index (χ3n) is 6.12. The van der Waals surface area contributed by atoms with Gasteiger partial charge >= 0.3 is 120 Å². The standard InChI is InChI=1S/C17H13.C13H8Cl2.C5H5.2ClH.Zr/c1-3-12-5-7-14-11-15-8-6-13(4-2)10-17(15)16(14)9-12;14-12-5-1-3-10(8-12)7-11-4-2-6-13(15)9-11;1-2-4-5-3-1;;;/h3-7,9-10H,1-2,11H2;1-6,8-9H;1-3H,4H2;2*1H;/q-1;;-1;;;+2/p-2. The minimum Gasteiger partial charge on any atom is -1.00 e. The maximum absolute atomic E-state index is 5.98. The second-order valence-corrected chi connectivity index (χ2v) is 10.8. The van der Waals surface area contributed by atoms with Crippen molar-refractivity contribution >= 4 is 38.6 Å². The van der Waals surface area contributed by atoms with Crippen LogP contribution in [0.25, 0.3) is 23.3 Å². The Morgan fingerprint density at radius 1 is 0.800 bits per heavy atom. The smallest absolute Gasteiger partial charge is 0.109 e. The minimum absolute atomic E-state index is 0.